The van der Waals surface area contributed by atoms with Gasteiger partial charge in [-0.2, -0.15) is 0 Å². The summed E-state index contributed by atoms with van der Waals surface area (Å²) in [5, 5.41) is 2.65. The van der Waals surface area contributed by atoms with Crippen LogP contribution in [0.2, 0.25) is 0 Å². The summed E-state index contributed by atoms with van der Waals surface area (Å²) in [5.41, 5.74) is 6.11. The van der Waals surface area contributed by atoms with Gasteiger partial charge in [-0.1, -0.05) is 0 Å². The van der Waals surface area contributed by atoms with Gasteiger partial charge < -0.3 is 20.5 Å². The summed E-state index contributed by atoms with van der Waals surface area (Å²) in [6, 6.07) is 10.6. The molecule has 1 amide bonds. The molecule has 1 aliphatic rings. The number of carbonyl (C=O) groups excluding carboxylic acids is 1. The Hall–Kier alpha value is -2.78. The molecule has 2 aromatic carbocycles. The molecule has 8 nitrogen and oxygen atoms in total. The number of benzene rings is 2. The van der Waals surface area contributed by atoms with Gasteiger partial charge in [0.2, 0.25) is 0 Å². The van der Waals surface area contributed by atoms with Crippen molar-refractivity contribution in [3.63, 3.8) is 0 Å². The van der Waals surface area contributed by atoms with Crippen LogP contribution < -0.4 is 25.2 Å². The van der Waals surface area contributed by atoms with Gasteiger partial charge in [-0.05, 0) is 36.4 Å². The molecule has 0 unspecified atom stereocenters. The summed E-state index contributed by atoms with van der Waals surface area (Å²) >= 11 is 0. The number of hydrogen-bond acceptors (Lipinski definition) is 6. The topological polar surface area (TPSA) is 120 Å². The van der Waals surface area contributed by atoms with Gasteiger partial charge in [0.15, 0.2) is 11.5 Å². The van der Waals surface area contributed by atoms with Gasteiger partial charge in [0.05, 0.1) is 18.1 Å². The first-order valence-electron chi connectivity index (χ1n) is 8.50. The van der Waals surface area contributed by atoms with Crippen molar-refractivity contribution in [1.29, 1.82) is 0 Å². The van der Waals surface area contributed by atoms with Crippen molar-refractivity contribution in [2.75, 3.05) is 31.0 Å². The Morgan fingerprint density at radius 2 is 1.74 bits per heavy atom. The molecule has 3 rings (SSSR count). The molecule has 0 saturated heterocycles. The van der Waals surface area contributed by atoms with Crippen LogP contribution in [0, 0.1) is 0 Å². The first-order valence-corrected chi connectivity index (χ1v) is 9.99. The van der Waals surface area contributed by atoms with Crippen LogP contribution in [-0.4, -0.2) is 40.6 Å². The highest BCUT2D eigenvalue weighted by Gasteiger charge is 2.19. The van der Waals surface area contributed by atoms with Crippen LogP contribution >= 0.6 is 0 Å². The number of hydrogen-bond donors (Lipinski definition) is 3. The first-order chi connectivity index (χ1) is 13.0. The van der Waals surface area contributed by atoms with E-state index >= 15 is 0 Å². The second-order valence-electron chi connectivity index (χ2n) is 5.89. The number of ether oxygens (including phenoxy) is 2. The van der Waals surface area contributed by atoms with Crippen LogP contribution in [0.15, 0.2) is 47.4 Å². The van der Waals surface area contributed by atoms with Gasteiger partial charge in [0, 0.05) is 36.8 Å². The molecule has 9 heteroatoms. The summed E-state index contributed by atoms with van der Waals surface area (Å²) < 4.78 is 38.8. The molecule has 0 saturated carbocycles. The van der Waals surface area contributed by atoms with E-state index in [1.54, 1.807) is 6.07 Å². The summed E-state index contributed by atoms with van der Waals surface area (Å²) in [4.78, 5) is 11.9. The van der Waals surface area contributed by atoms with E-state index in [-0.39, 0.29) is 10.8 Å². The molecule has 0 aromatic heterocycles. The van der Waals surface area contributed by atoms with Crippen LogP contribution in [-0.2, 0) is 10.0 Å². The molecule has 1 heterocycles. The van der Waals surface area contributed by atoms with Gasteiger partial charge in [-0.15, -0.1) is 0 Å². The smallest absolute Gasteiger partial charge is 0.262 e. The molecule has 27 heavy (non-hydrogen) atoms. The fraction of sp³-hybridized carbons (Fsp3) is 0.278. The van der Waals surface area contributed by atoms with Gasteiger partial charge in [0.1, 0.15) is 0 Å². The Morgan fingerprint density at radius 3 is 2.44 bits per heavy atom. The van der Waals surface area contributed by atoms with Gasteiger partial charge in [-0.3, -0.25) is 9.52 Å². The zero-order valence-electron chi connectivity index (χ0n) is 14.6. The monoisotopic (exact) mass is 391 g/mol. The Kier molecular flexibility index (Phi) is 5.82. The van der Waals surface area contributed by atoms with Crippen LogP contribution in [0.3, 0.4) is 0 Å². The lowest BCUT2D eigenvalue weighted by atomic mass is 10.2. The number of carbonyl (C=O) groups is 1. The van der Waals surface area contributed by atoms with Crippen molar-refractivity contribution in [3.05, 3.63) is 48.0 Å². The zero-order valence-corrected chi connectivity index (χ0v) is 15.4. The minimum Gasteiger partial charge on any atom is -0.490 e. The van der Waals surface area contributed by atoms with Crippen molar-refractivity contribution in [2.24, 2.45) is 5.73 Å². The SMILES string of the molecule is NCCNC(=O)c1ccc(NS(=O)(=O)c2ccc3c(c2)OCCCO3)cc1. The molecule has 0 bridgehead atoms. The first kappa shape index (κ1) is 19.0. The molecule has 0 fully saturated rings. The maximum atomic E-state index is 12.6. The maximum Gasteiger partial charge on any atom is 0.262 e. The highest BCUT2D eigenvalue weighted by Crippen LogP contribution is 2.32. The van der Waals surface area contributed by atoms with Crippen LogP contribution in [0.1, 0.15) is 16.8 Å². The van der Waals surface area contributed by atoms with E-state index in [9.17, 15) is 13.2 Å². The molecular weight excluding hydrogens is 370 g/mol. The molecule has 0 aliphatic carbocycles. The number of anilines is 1. The second kappa shape index (κ2) is 8.28. The van der Waals surface area contributed by atoms with Crippen LogP contribution in [0.25, 0.3) is 0 Å². The molecule has 0 atom stereocenters. The normalized spacial score (nSPS) is 13.5. The highest BCUT2D eigenvalue weighted by molar-refractivity contribution is 7.92. The Bertz CT molecular complexity index is 913. The van der Waals surface area contributed by atoms with E-state index in [1.165, 1.54) is 36.4 Å². The molecular formula is C18H21N3O5S. The second-order valence-corrected chi connectivity index (χ2v) is 7.57. The summed E-state index contributed by atoms with van der Waals surface area (Å²) in [6.07, 6.45) is 0.736. The van der Waals surface area contributed by atoms with Crippen molar-refractivity contribution in [2.45, 2.75) is 11.3 Å². The molecule has 1 aliphatic heterocycles. The largest absolute Gasteiger partial charge is 0.490 e. The summed E-state index contributed by atoms with van der Waals surface area (Å²) in [6.45, 7) is 1.72. The molecule has 144 valence electrons. The van der Waals surface area contributed by atoms with Gasteiger partial charge >= 0.3 is 0 Å². The quantitative estimate of drug-likeness (QED) is 0.683. The number of sulfonamides is 1. The fourth-order valence-electron chi connectivity index (χ4n) is 2.50. The van der Waals surface area contributed by atoms with E-state index in [0.717, 1.165) is 6.42 Å². The lowest BCUT2D eigenvalue weighted by Crippen LogP contribution is -2.28. The van der Waals surface area contributed by atoms with Crippen molar-refractivity contribution in [1.82, 2.24) is 5.32 Å². The number of fused-ring (bicyclic) bond motifs is 1. The standard InChI is InChI=1S/C18H21N3O5S/c19-8-9-20-18(22)13-2-4-14(5-3-13)21-27(23,24)15-6-7-16-17(12-15)26-11-1-10-25-16/h2-7,12,21H,1,8-11,19H2,(H,20,22). The number of nitrogens with one attached hydrogen (secondary N) is 2. The van der Waals surface area contributed by atoms with Crippen molar-refractivity contribution in [3.8, 4) is 11.5 Å². The maximum absolute atomic E-state index is 12.6. The Labute approximate surface area is 157 Å². The van der Waals surface area contributed by atoms with Crippen molar-refractivity contribution < 1.29 is 22.7 Å². The predicted octanol–water partition coefficient (Wildman–Crippen LogP) is 1.34. The van der Waals surface area contributed by atoms with E-state index in [1.807, 2.05) is 0 Å². The Balaban J connectivity index is 1.74. The summed E-state index contributed by atoms with van der Waals surface area (Å²) in [7, 11) is -3.81. The minimum atomic E-state index is -3.81. The molecule has 2 aromatic rings. The van der Waals surface area contributed by atoms with Gasteiger partial charge in [-0.25, -0.2) is 8.42 Å². The van der Waals surface area contributed by atoms with E-state index in [4.69, 9.17) is 15.2 Å². The average molecular weight is 391 g/mol. The summed E-state index contributed by atoms with van der Waals surface area (Å²) in [5.74, 6) is 0.666. The third-order valence-corrected chi connectivity index (χ3v) is 5.24. The molecule has 0 radical (unpaired) electrons. The third kappa shape index (κ3) is 4.69. The molecule has 4 N–H and O–H groups in total. The highest BCUT2D eigenvalue weighted by atomic mass is 32.2. The minimum absolute atomic E-state index is 0.0662. The van der Waals surface area contributed by atoms with Gasteiger partial charge in [0.25, 0.3) is 15.9 Å². The zero-order chi connectivity index (χ0) is 19.3. The number of nitrogens with two attached hydrogens (primary N) is 1. The van der Waals surface area contributed by atoms with Crippen molar-refractivity contribution >= 4 is 21.6 Å². The van der Waals surface area contributed by atoms with E-state index in [2.05, 4.69) is 10.0 Å². The van der Waals surface area contributed by atoms with Crippen LogP contribution in [0.5, 0.6) is 11.5 Å². The lowest BCUT2D eigenvalue weighted by molar-refractivity contribution is 0.0955. The Morgan fingerprint density at radius 1 is 1.04 bits per heavy atom. The third-order valence-electron chi connectivity index (χ3n) is 3.86. The number of rotatable bonds is 6. The average Bonchev–Trinajstić information content (AvgIpc) is 2.91. The van der Waals surface area contributed by atoms with E-state index < -0.39 is 10.0 Å². The fourth-order valence-corrected chi connectivity index (χ4v) is 3.58. The number of amides is 1. The van der Waals surface area contributed by atoms with E-state index in [0.29, 0.717) is 49.1 Å². The van der Waals surface area contributed by atoms with Crippen LogP contribution in [0.4, 0.5) is 5.69 Å². The lowest BCUT2D eigenvalue weighted by Gasteiger charge is -2.12. The molecule has 0 spiro atoms. The predicted molar refractivity (Wildman–Crippen MR) is 101 cm³/mol.